The van der Waals surface area contributed by atoms with E-state index in [0.717, 1.165) is 0 Å². The lowest BCUT2D eigenvalue weighted by Crippen LogP contribution is -2.00. The molecule has 0 amide bonds. The highest BCUT2D eigenvalue weighted by Gasteiger charge is 2.31. The van der Waals surface area contributed by atoms with Gasteiger partial charge in [-0.05, 0) is 18.2 Å². The Hall–Kier alpha value is -1.04. The van der Waals surface area contributed by atoms with Crippen molar-refractivity contribution in [2.45, 2.75) is 3.79 Å². The van der Waals surface area contributed by atoms with Gasteiger partial charge in [0.2, 0.25) is 5.82 Å². The first kappa shape index (κ1) is 13.4. The summed E-state index contributed by atoms with van der Waals surface area (Å²) in [6.45, 7) is 0. The van der Waals surface area contributed by atoms with Crippen LogP contribution in [0.2, 0.25) is 0 Å². The quantitative estimate of drug-likeness (QED) is 0.793. The minimum Gasteiger partial charge on any atom is -0.497 e. The van der Waals surface area contributed by atoms with Crippen molar-refractivity contribution in [2.75, 3.05) is 7.11 Å². The maximum atomic E-state index is 13.6. The van der Waals surface area contributed by atoms with Gasteiger partial charge < -0.3 is 9.26 Å². The molecule has 0 saturated heterocycles. The number of methoxy groups -OCH3 is 1. The van der Waals surface area contributed by atoms with Gasteiger partial charge >= 0.3 is 0 Å². The Kier molecular flexibility index (Phi) is 3.66. The first-order valence-electron chi connectivity index (χ1n) is 4.66. The van der Waals surface area contributed by atoms with E-state index in [1.54, 1.807) is 0 Å². The van der Waals surface area contributed by atoms with Crippen LogP contribution in [0.15, 0.2) is 22.7 Å². The molecule has 0 radical (unpaired) electrons. The molecule has 0 unspecified atom stereocenters. The Labute approximate surface area is 117 Å². The first-order valence-corrected chi connectivity index (χ1v) is 5.80. The number of hydrogen-bond acceptors (Lipinski definition) is 4. The zero-order valence-corrected chi connectivity index (χ0v) is 11.2. The zero-order chi connectivity index (χ0) is 13.3. The minimum atomic E-state index is -1.85. The van der Waals surface area contributed by atoms with Gasteiger partial charge in [-0.2, -0.15) is 4.98 Å². The third-order valence-corrected chi connectivity index (χ3v) is 2.57. The number of ether oxygens (including phenoxy) is 1. The van der Waals surface area contributed by atoms with Gasteiger partial charge in [0.25, 0.3) is 9.68 Å². The van der Waals surface area contributed by atoms with E-state index in [2.05, 4.69) is 10.1 Å². The van der Waals surface area contributed by atoms with Crippen LogP contribution in [0.4, 0.5) is 4.39 Å². The number of rotatable bonds is 2. The Morgan fingerprint density at radius 1 is 1.33 bits per heavy atom. The molecule has 1 aromatic carbocycles. The molecule has 1 heterocycles. The standard InChI is InChI=1S/C10H6Cl3FN2O2/c1-17-5-2-3-7(14)6(4-5)8-15-9(18-16-8)10(11,12)13/h2-4H,1H3. The Morgan fingerprint density at radius 3 is 2.61 bits per heavy atom. The van der Waals surface area contributed by atoms with Crippen LogP contribution in [-0.4, -0.2) is 17.3 Å². The molecule has 2 aromatic rings. The molecule has 2 rings (SSSR count). The van der Waals surface area contributed by atoms with Crippen LogP contribution in [-0.2, 0) is 3.79 Å². The highest BCUT2D eigenvalue weighted by molar-refractivity contribution is 6.66. The number of nitrogens with zero attached hydrogens (tertiary/aromatic N) is 2. The smallest absolute Gasteiger partial charge is 0.279 e. The maximum Gasteiger partial charge on any atom is 0.279 e. The van der Waals surface area contributed by atoms with E-state index in [0.29, 0.717) is 5.75 Å². The second kappa shape index (κ2) is 4.91. The van der Waals surface area contributed by atoms with E-state index in [1.165, 1.54) is 25.3 Å². The fraction of sp³-hybridized carbons (Fsp3) is 0.200. The van der Waals surface area contributed by atoms with E-state index in [9.17, 15) is 4.39 Å². The van der Waals surface area contributed by atoms with Gasteiger partial charge in [-0.1, -0.05) is 40.0 Å². The summed E-state index contributed by atoms with van der Waals surface area (Å²) in [5.74, 6) is -0.337. The van der Waals surface area contributed by atoms with Crippen molar-refractivity contribution in [3.05, 3.63) is 29.9 Å². The molecule has 0 atom stereocenters. The highest BCUT2D eigenvalue weighted by atomic mass is 35.6. The molecule has 0 fully saturated rings. The summed E-state index contributed by atoms with van der Waals surface area (Å²) in [5.41, 5.74) is 0.0959. The largest absolute Gasteiger partial charge is 0.497 e. The van der Waals surface area contributed by atoms with Crippen molar-refractivity contribution in [2.24, 2.45) is 0 Å². The van der Waals surface area contributed by atoms with Crippen LogP contribution < -0.4 is 4.74 Å². The van der Waals surface area contributed by atoms with E-state index >= 15 is 0 Å². The lowest BCUT2D eigenvalue weighted by molar-refractivity contribution is 0.383. The molecule has 4 nitrogen and oxygen atoms in total. The maximum absolute atomic E-state index is 13.6. The predicted octanol–water partition coefficient (Wildman–Crippen LogP) is 3.71. The fourth-order valence-corrected chi connectivity index (χ4v) is 1.48. The molecule has 18 heavy (non-hydrogen) atoms. The number of aromatic nitrogens is 2. The lowest BCUT2D eigenvalue weighted by atomic mass is 10.2. The van der Waals surface area contributed by atoms with Gasteiger partial charge in [0.05, 0.1) is 12.7 Å². The Bertz CT molecular complexity index is 568. The monoisotopic (exact) mass is 310 g/mol. The van der Waals surface area contributed by atoms with Crippen molar-refractivity contribution >= 4 is 34.8 Å². The summed E-state index contributed by atoms with van der Waals surface area (Å²) in [5, 5.41) is 3.55. The molecule has 0 aliphatic rings. The Balaban J connectivity index is 2.45. The molecule has 0 spiro atoms. The van der Waals surface area contributed by atoms with Gasteiger partial charge in [-0.25, -0.2) is 4.39 Å². The van der Waals surface area contributed by atoms with Crippen molar-refractivity contribution in [3.8, 4) is 17.1 Å². The van der Waals surface area contributed by atoms with Crippen molar-refractivity contribution < 1.29 is 13.7 Å². The van der Waals surface area contributed by atoms with Crippen LogP contribution in [0, 0.1) is 5.82 Å². The van der Waals surface area contributed by atoms with Crippen molar-refractivity contribution in [3.63, 3.8) is 0 Å². The van der Waals surface area contributed by atoms with E-state index < -0.39 is 9.61 Å². The average Bonchev–Trinajstić information content (AvgIpc) is 2.78. The van der Waals surface area contributed by atoms with Crippen LogP contribution in [0.5, 0.6) is 5.75 Å². The normalized spacial score (nSPS) is 11.6. The SMILES string of the molecule is COc1ccc(F)c(-c2noc(C(Cl)(Cl)Cl)n2)c1. The van der Waals surface area contributed by atoms with Gasteiger partial charge in [0.15, 0.2) is 0 Å². The summed E-state index contributed by atoms with van der Waals surface area (Å²) in [6.07, 6.45) is 0. The predicted molar refractivity (Wildman–Crippen MR) is 65.5 cm³/mol. The van der Waals surface area contributed by atoms with Crippen LogP contribution >= 0.6 is 34.8 Å². The molecule has 0 N–H and O–H groups in total. The summed E-state index contributed by atoms with van der Waals surface area (Å²) in [6, 6.07) is 4.11. The topological polar surface area (TPSA) is 48.2 Å². The van der Waals surface area contributed by atoms with Gasteiger partial charge in [0.1, 0.15) is 11.6 Å². The molecule has 96 valence electrons. The number of benzene rings is 1. The lowest BCUT2D eigenvalue weighted by Gasteiger charge is -2.03. The summed E-state index contributed by atoms with van der Waals surface area (Å²) in [7, 11) is 1.46. The Morgan fingerprint density at radius 2 is 2.06 bits per heavy atom. The third kappa shape index (κ3) is 2.68. The number of hydrogen-bond donors (Lipinski definition) is 0. The minimum absolute atomic E-state index is 0.0206. The second-order valence-electron chi connectivity index (χ2n) is 3.27. The molecule has 1 aromatic heterocycles. The molecular weight excluding hydrogens is 305 g/mol. The fourth-order valence-electron chi connectivity index (χ4n) is 1.25. The van der Waals surface area contributed by atoms with Crippen molar-refractivity contribution in [1.29, 1.82) is 0 Å². The summed E-state index contributed by atoms with van der Waals surface area (Å²) in [4.78, 5) is 3.82. The molecule has 0 bridgehead atoms. The van der Waals surface area contributed by atoms with E-state index in [4.69, 9.17) is 44.1 Å². The van der Waals surface area contributed by atoms with E-state index in [-0.39, 0.29) is 17.3 Å². The highest BCUT2D eigenvalue weighted by Crippen LogP contribution is 2.38. The van der Waals surface area contributed by atoms with Gasteiger partial charge in [0, 0.05) is 0 Å². The van der Waals surface area contributed by atoms with Gasteiger partial charge in [-0.15, -0.1) is 0 Å². The van der Waals surface area contributed by atoms with Crippen LogP contribution in [0.3, 0.4) is 0 Å². The molecule has 0 saturated carbocycles. The molecule has 0 aliphatic heterocycles. The second-order valence-corrected chi connectivity index (χ2v) is 5.55. The zero-order valence-electron chi connectivity index (χ0n) is 8.95. The first-order chi connectivity index (χ1) is 8.41. The molecule has 0 aliphatic carbocycles. The molecular formula is C10H6Cl3FN2O2. The summed E-state index contributed by atoms with van der Waals surface area (Å²) >= 11 is 16.7. The average molecular weight is 312 g/mol. The third-order valence-electron chi connectivity index (χ3n) is 2.08. The number of halogens is 4. The van der Waals surface area contributed by atoms with Crippen LogP contribution in [0.25, 0.3) is 11.4 Å². The van der Waals surface area contributed by atoms with Gasteiger partial charge in [-0.3, -0.25) is 0 Å². The number of alkyl halides is 3. The van der Waals surface area contributed by atoms with Crippen LogP contribution in [0.1, 0.15) is 5.89 Å². The summed E-state index contributed by atoms with van der Waals surface area (Å²) < 4.78 is 21.5. The molecule has 8 heteroatoms. The van der Waals surface area contributed by atoms with E-state index in [1.807, 2.05) is 0 Å². The van der Waals surface area contributed by atoms with Crippen molar-refractivity contribution in [1.82, 2.24) is 10.1 Å².